The van der Waals surface area contributed by atoms with Gasteiger partial charge in [0.25, 0.3) is 11.7 Å². The molecule has 1 N–H and O–H groups in total. The van der Waals surface area contributed by atoms with Gasteiger partial charge >= 0.3 is 0 Å². The van der Waals surface area contributed by atoms with Crippen LogP contribution in [-0.2, 0) is 16.1 Å². The molecule has 1 amide bonds. The van der Waals surface area contributed by atoms with E-state index in [1.165, 1.54) is 4.90 Å². The van der Waals surface area contributed by atoms with Crippen molar-refractivity contribution in [1.82, 2.24) is 4.90 Å². The summed E-state index contributed by atoms with van der Waals surface area (Å²) >= 11 is 6.10. The Balaban J connectivity index is 1.83. The van der Waals surface area contributed by atoms with E-state index < -0.39 is 17.7 Å². The van der Waals surface area contributed by atoms with Gasteiger partial charge in [-0.25, -0.2) is 0 Å². The highest BCUT2D eigenvalue weighted by Crippen LogP contribution is 2.41. The molecule has 1 heterocycles. The highest BCUT2D eigenvalue weighted by molar-refractivity contribution is 6.46. The number of halogens is 1. The molecule has 4 rings (SSSR count). The highest BCUT2D eigenvalue weighted by Gasteiger charge is 2.46. The molecule has 180 valence electrons. The summed E-state index contributed by atoms with van der Waals surface area (Å²) in [5.74, 6) is -0.534. The lowest BCUT2D eigenvalue weighted by molar-refractivity contribution is -0.140. The maximum atomic E-state index is 13.3. The van der Waals surface area contributed by atoms with Gasteiger partial charge in [-0.05, 0) is 42.3 Å². The van der Waals surface area contributed by atoms with E-state index in [4.69, 9.17) is 21.1 Å². The number of aliphatic hydroxyl groups excluding tert-OH is 1. The Morgan fingerprint density at radius 1 is 1.03 bits per heavy atom. The molecular formula is C28H26ClNO5. The largest absolute Gasteiger partial charge is 0.507 e. The predicted molar refractivity (Wildman–Crippen MR) is 135 cm³/mol. The van der Waals surface area contributed by atoms with Gasteiger partial charge in [-0.3, -0.25) is 9.59 Å². The lowest BCUT2D eigenvalue weighted by Crippen LogP contribution is -2.29. The summed E-state index contributed by atoms with van der Waals surface area (Å²) in [6, 6.07) is 20.3. The fourth-order valence-corrected chi connectivity index (χ4v) is 4.29. The van der Waals surface area contributed by atoms with E-state index in [-0.39, 0.29) is 17.9 Å². The van der Waals surface area contributed by atoms with Gasteiger partial charge in [0.1, 0.15) is 17.3 Å². The van der Waals surface area contributed by atoms with Gasteiger partial charge in [-0.1, -0.05) is 61.0 Å². The molecule has 3 aromatic rings. The standard InChI is InChI=1S/C28H26ClNO5/c1-3-15-35-22-9-6-8-19(16-22)26(31)24-25(18-11-13-21(29)14-12-18)30(28(33)27(24)32)17-20-7-4-5-10-23(20)34-2/h4-14,16,25,31H,3,15,17H2,1-2H3/b26-24-. The number of ether oxygens (including phenoxy) is 2. The normalized spacial score (nSPS) is 17.0. The third-order valence-corrected chi connectivity index (χ3v) is 6.09. The molecule has 1 atom stereocenters. The van der Waals surface area contributed by atoms with Crippen LogP contribution in [0.2, 0.25) is 5.02 Å². The minimum atomic E-state index is -0.808. The molecule has 0 aliphatic carbocycles. The molecule has 1 aliphatic rings. The number of aliphatic hydroxyl groups is 1. The monoisotopic (exact) mass is 491 g/mol. The molecule has 0 bridgehead atoms. The molecule has 0 aromatic heterocycles. The number of carbonyl (C=O) groups excluding carboxylic acids is 2. The second-order valence-electron chi connectivity index (χ2n) is 8.17. The van der Waals surface area contributed by atoms with E-state index in [1.807, 2.05) is 25.1 Å². The van der Waals surface area contributed by atoms with Crippen molar-refractivity contribution in [1.29, 1.82) is 0 Å². The van der Waals surface area contributed by atoms with Crippen LogP contribution >= 0.6 is 11.6 Å². The number of hydrogen-bond donors (Lipinski definition) is 1. The summed E-state index contributed by atoms with van der Waals surface area (Å²) in [7, 11) is 1.55. The first-order valence-electron chi connectivity index (χ1n) is 11.3. The average Bonchev–Trinajstić information content (AvgIpc) is 3.13. The summed E-state index contributed by atoms with van der Waals surface area (Å²) in [4.78, 5) is 28.0. The van der Waals surface area contributed by atoms with Crippen LogP contribution in [0.5, 0.6) is 11.5 Å². The van der Waals surface area contributed by atoms with Crippen LogP contribution in [0.1, 0.15) is 36.1 Å². The molecule has 1 aliphatic heterocycles. The smallest absolute Gasteiger partial charge is 0.295 e. The Bertz CT molecular complexity index is 1270. The first-order valence-corrected chi connectivity index (χ1v) is 11.7. The Kier molecular flexibility index (Phi) is 7.42. The number of Topliss-reactive ketones (excluding diaryl/α,β-unsaturated/α-hetero) is 1. The SMILES string of the molecule is CCCOc1cccc(/C(O)=C2/C(=O)C(=O)N(Cc3ccccc3OC)C2c2ccc(Cl)cc2)c1. The Morgan fingerprint density at radius 2 is 1.77 bits per heavy atom. The van der Waals surface area contributed by atoms with Crippen LogP contribution in [0.4, 0.5) is 0 Å². The zero-order valence-electron chi connectivity index (χ0n) is 19.5. The van der Waals surface area contributed by atoms with Crippen molar-refractivity contribution in [2.24, 2.45) is 0 Å². The van der Waals surface area contributed by atoms with Gasteiger partial charge in [0.2, 0.25) is 0 Å². The molecule has 1 fully saturated rings. The van der Waals surface area contributed by atoms with Crippen LogP contribution in [-0.4, -0.2) is 35.4 Å². The van der Waals surface area contributed by atoms with E-state index >= 15 is 0 Å². The number of methoxy groups -OCH3 is 1. The van der Waals surface area contributed by atoms with E-state index in [0.717, 1.165) is 12.0 Å². The molecule has 35 heavy (non-hydrogen) atoms. The first kappa shape index (κ1) is 24.4. The second-order valence-corrected chi connectivity index (χ2v) is 8.60. The fourth-order valence-electron chi connectivity index (χ4n) is 4.16. The molecule has 7 heteroatoms. The van der Waals surface area contributed by atoms with Crippen molar-refractivity contribution in [3.8, 4) is 11.5 Å². The van der Waals surface area contributed by atoms with Crippen LogP contribution in [0.3, 0.4) is 0 Å². The first-order chi connectivity index (χ1) is 16.9. The number of rotatable bonds is 8. The van der Waals surface area contributed by atoms with Crippen molar-refractivity contribution >= 4 is 29.1 Å². The van der Waals surface area contributed by atoms with Gasteiger partial charge in [0.05, 0.1) is 31.9 Å². The van der Waals surface area contributed by atoms with E-state index in [9.17, 15) is 14.7 Å². The number of ketones is 1. The van der Waals surface area contributed by atoms with Gasteiger partial charge in [0.15, 0.2) is 0 Å². The molecule has 0 saturated carbocycles. The minimum absolute atomic E-state index is 0.0138. The Labute approximate surface area is 209 Å². The summed E-state index contributed by atoms with van der Waals surface area (Å²) in [5.41, 5.74) is 1.81. The van der Waals surface area contributed by atoms with Crippen LogP contribution in [0, 0.1) is 0 Å². The summed E-state index contributed by atoms with van der Waals surface area (Å²) in [6.45, 7) is 2.65. The third-order valence-electron chi connectivity index (χ3n) is 5.84. The number of para-hydroxylation sites is 1. The lowest BCUT2D eigenvalue weighted by atomic mass is 9.95. The van der Waals surface area contributed by atoms with E-state index in [0.29, 0.717) is 34.3 Å². The Morgan fingerprint density at radius 3 is 2.49 bits per heavy atom. The highest BCUT2D eigenvalue weighted by atomic mass is 35.5. The molecular weight excluding hydrogens is 466 g/mol. The van der Waals surface area contributed by atoms with Crippen LogP contribution in [0.25, 0.3) is 5.76 Å². The summed E-state index contributed by atoms with van der Waals surface area (Å²) in [6.07, 6.45) is 0.834. The van der Waals surface area contributed by atoms with Crippen molar-refractivity contribution in [3.63, 3.8) is 0 Å². The minimum Gasteiger partial charge on any atom is -0.507 e. The zero-order valence-corrected chi connectivity index (χ0v) is 20.3. The maximum Gasteiger partial charge on any atom is 0.295 e. The molecule has 0 radical (unpaired) electrons. The number of hydrogen-bond acceptors (Lipinski definition) is 5. The number of benzene rings is 3. The molecule has 1 saturated heterocycles. The topological polar surface area (TPSA) is 76.1 Å². The molecule has 1 unspecified atom stereocenters. The number of amides is 1. The average molecular weight is 492 g/mol. The number of carbonyl (C=O) groups is 2. The van der Waals surface area contributed by atoms with Crippen molar-refractivity contribution in [3.05, 3.63) is 100 Å². The van der Waals surface area contributed by atoms with Gasteiger partial charge in [-0.15, -0.1) is 0 Å². The lowest BCUT2D eigenvalue weighted by Gasteiger charge is -2.26. The number of nitrogens with zero attached hydrogens (tertiary/aromatic N) is 1. The van der Waals surface area contributed by atoms with Crippen molar-refractivity contribution in [2.75, 3.05) is 13.7 Å². The van der Waals surface area contributed by atoms with Gasteiger partial charge in [-0.2, -0.15) is 0 Å². The Hall–Kier alpha value is -3.77. The van der Waals surface area contributed by atoms with Gasteiger partial charge < -0.3 is 19.5 Å². The van der Waals surface area contributed by atoms with Crippen LogP contribution < -0.4 is 9.47 Å². The number of likely N-dealkylation sites (tertiary alicyclic amines) is 1. The summed E-state index contributed by atoms with van der Waals surface area (Å²) < 4.78 is 11.1. The van der Waals surface area contributed by atoms with E-state index in [2.05, 4.69) is 0 Å². The third kappa shape index (κ3) is 5.03. The summed E-state index contributed by atoms with van der Waals surface area (Å²) in [5, 5.41) is 11.8. The zero-order chi connectivity index (χ0) is 24.9. The second kappa shape index (κ2) is 10.7. The molecule has 3 aromatic carbocycles. The van der Waals surface area contributed by atoms with Crippen molar-refractivity contribution in [2.45, 2.75) is 25.9 Å². The van der Waals surface area contributed by atoms with E-state index in [1.54, 1.807) is 61.7 Å². The van der Waals surface area contributed by atoms with Gasteiger partial charge in [0, 0.05) is 16.1 Å². The molecule has 0 spiro atoms. The fraction of sp³-hybridized carbons (Fsp3) is 0.214. The van der Waals surface area contributed by atoms with Crippen molar-refractivity contribution < 1.29 is 24.2 Å². The molecule has 6 nitrogen and oxygen atoms in total. The quantitative estimate of drug-likeness (QED) is 0.246. The maximum absolute atomic E-state index is 13.3. The van der Waals surface area contributed by atoms with Crippen LogP contribution in [0.15, 0.2) is 78.4 Å². The predicted octanol–water partition coefficient (Wildman–Crippen LogP) is 5.76.